The number of benzene rings is 1. The number of fused-ring (bicyclic) bond motifs is 1. The van der Waals surface area contributed by atoms with E-state index in [1.54, 1.807) is 0 Å². The van der Waals surface area contributed by atoms with Crippen LogP contribution in [0.3, 0.4) is 0 Å². The molecule has 2 rings (SSSR count). The molecule has 0 saturated heterocycles. The minimum atomic E-state index is 0.00336. The minimum absolute atomic E-state index is 0.00336. The molecule has 1 heterocycles. The van der Waals surface area contributed by atoms with E-state index in [9.17, 15) is 5.11 Å². The van der Waals surface area contributed by atoms with Crippen LogP contribution in [-0.2, 0) is 6.42 Å². The summed E-state index contributed by atoms with van der Waals surface area (Å²) in [4.78, 5) is 0. The first-order valence-corrected chi connectivity index (χ1v) is 6.56. The molecular formula is C14H21NO3. The molecule has 100 valence electrons. The Hall–Kier alpha value is -1.26. The first kappa shape index (κ1) is 13.2. The van der Waals surface area contributed by atoms with Crippen LogP contribution in [0.1, 0.15) is 31.0 Å². The summed E-state index contributed by atoms with van der Waals surface area (Å²) >= 11 is 0. The maximum atomic E-state index is 9.40. The monoisotopic (exact) mass is 251 g/mol. The Labute approximate surface area is 108 Å². The van der Waals surface area contributed by atoms with Gasteiger partial charge in [0.25, 0.3) is 0 Å². The van der Waals surface area contributed by atoms with E-state index in [1.807, 2.05) is 26.0 Å². The van der Waals surface area contributed by atoms with Crippen molar-refractivity contribution >= 4 is 0 Å². The molecule has 1 aliphatic rings. The number of hydrogen-bond acceptors (Lipinski definition) is 4. The SMILES string of the molecule is CCOc1cc2c(cc1OCC)C(CO)NCC2. The van der Waals surface area contributed by atoms with Crippen molar-refractivity contribution in [2.45, 2.75) is 26.3 Å². The molecule has 0 aromatic heterocycles. The van der Waals surface area contributed by atoms with Gasteiger partial charge in [-0.15, -0.1) is 0 Å². The van der Waals surface area contributed by atoms with Gasteiger partial charge in [0, 0.05) is 0 Å². The molecule has 1 aliphatic heterocycles. The molecule has 2 N–H and O–H groups in total. The lowest BCUT2D eigenvalue weighted by molar-refractivity contribution is 0.238. The third kappa shape index (κ3) is 2.60. The lowest BCUT2D eigenvalue weighted by Crippen LogP contribution is -2.32. The average Bonchev–Trinajstić information content (AvgIpc) is 2.39. The van der Waals surface area contributed by atoms with Crippen molar-refractivity contribution in [3.63, 3.8) is 0 Å². The molecule has 0 spiro atoms. The normalized spacial score (nSPS) is 18.3. The second kappa shape index (κ2) is 6.07. The fourth-order valence-corrected chi connectivity index (χ4v) is 2.35. The summed E-state index contributed by atoms with van der Waals surface area (Å²) in [6.45, 7) is 6.14. The smallest absolute Gasteiger partial charge is 0.161 e. The summed E-state index contributed by atoms with van der Waals surface area (Å²) < 4.78 is 11.2. The van der Waals surface area contributed by atoms with Crippen molar-refractivity contribution in [3.8, 4) is 11.5 Å². The minimum Gasteiger partial charge on any atom is -0.490 e. The molecule has 0 fully saturated rings. The molecule has 0 saturated carbocycles. The molecule has 0 aliphatic carbocycles. The van der Waals surface area contributed by atoms with E-state index in [1.165, 1.54) is 5.56 Å². The third-order valence-corrected chi connectivity index (χ3v) is 3.15. The van der Waals surface area contributed by atoms with Crippen LogP contribution in [0, 0.1) is 0 Å². The number of nitrogens with one attached hydrogen (secondary N) is 1. The molecule has 1 aromatic carbocycles. The van der Waals surface area contributed by atoms with Crippen LogP contribution in [0.5, 0.6) is 11.5 Å². The summed E-state index contributed by atoms with van der Waals surface area (Å²) in [6, 6.07) is 4.05. The first-order chi connectivity index (χ1) is 8.80. The van der Waals surface area contributed by atoms with E-state index in [4.69, 9.17) is 9.47 Å². The lowest BCUT2D eigenvalue weighted by Gasteiger charge is -2.27. The third-order valence-electron chi connectivity index (χ3n) is 3.15. The molecule has 1 atom stereocenters. The summed E-state index contributed by atoms with van der Waals surface area (Å²) in [7, 11) is 0. The summed E-state index contributed by atoms with van der Waals surface area (Å²) in [5.41, 5.74) is 2.36. The number of rotatable bonds is 5. The predicted octanol–water partition coefficient (Wildman–Crippen LogP) is 1.66. The van der Waals surface area contributed by atoms with Crippen LogP contribution in [0.4, 0.5) is 0 Å². The van der Waals surface area contributed by atoms with Gasteiger partial charge in [-0.05, 0) is 50.1 Å². The van der Waals surface area contributed by atoms with Crippen molar-refractivity contribution < 1.29 is 14.6 Å². The van der Waals surface area contributed by atoms with Crippen molar-refractivity contribution in [1.82, 2.24) is 5.32 Å². The number of aliphatic hydroxyl groups excluding tert-OH is 1. The quantitative estimate of drug-likeness (QED) is 0.835. The largest absolute Gasteiger partial charge is 0.490 e. The maximum Gasteiger partial charge on any atom is 0.161 e. The average molecular weight is 251 g/mol. The van der Waals surface area contributed by atoms with Crippen LogP contribution in [-0.4, -0.2) is 31.5 Å². The van der Waals surface area contributed by atoms with Gasteiger partial charge in [0.05, 0.1) is 25.9 Å². The topological polar surface area (TPSA) is 50.7 Å². The molecule has 0 bridgehead atoms. The zero-order valence-corrected chi connectivity index (χ0v) is 11.0. The number of ether oxygens (including phenoxy) is 2. The molecule has 4 nitrogen and oxygen atoms in total. The van der Waals surface area contributed by atoms with E-state index in [0.717, 1.165) is 30.0 Å². The predicted molar refractivity (Wildman–Crippen MR) is 70.3 cm³/mol. The van der Waals surface area contributed by atoms with E-state index in [2.05, 4.69) is 5.32 Å². The van der Waals surface area contributed by atoms with Gasteiger partial charge in [-0.2, -0.15) is 0 Å². The molecule has 1 unspecified atom stereocenters. The maximum absolute atomic E-state index is 9.40. The Kier molecular flexibility index (Phi) is 4.44. The summed E-state index contributed by atoms with van der Waals surface area (Å²) in [5, 5.41) is 12.7. The van der Waals surface area contributed by atoms with Gasteiger partial charge in [0.15, 0.2) is 11.5 Å². The molecular weight excluding hydrogens is 230 g/mol. The lowest BCUT2D eigenvalue weighted by atomic mass is 9.94. The van der Waals surface area contributed by atoms with Gasteiger partial charge in [0.2, 0.25) is 0 Å². The highest BCUT2D eigenvalue weighted by Crippen LogP contribution is 2.35. The molecule has 18 heavy (non-hydrogen) atoms. The fraction of sp³-hybridized carbons (Fsp3) is 0.571. The highest BCUT2D eigenvalue weighted by molar-refractivity contribution is 5.49. The molecule has 4 heteroatoms. The molecule has 0 amide bonds. The van der Waals surface area contributed by atoms with Crippen molar-refractivity contribution in [1.29, 1.82) is 0 Å². The van der Waals surface area contributed by atoms with E-state index < -0.39 is 0 Å². The highest BCUT2D eigenvalue weighted by atomic mass is 16.5. The van der Waals surface area contributed by atoms with Crippen molar-refractivity contribution in [2.75, 3.05) is 26.4 Å². The Balaban J connectivity index is 2.39. The van der Waals surface area contributed by atoms with Crippen LogP contribution in [0.15, 0.2) is 12.1 Å². The second-order valence-electron chi connectivity index (χ2n) is 4.30. The Morgan fingerprint density at radius 3 is 2.50 bits per heavy atom. The number of aliphatic hydroxyl groups is 1. The second-order valence-corrected chi connectivity index (χ2v) is 4.30. The van der Waals surface area contributed by atoms with Gasteiger partial charge >= 0.3 is 0 Å². The summed E-state index contributed by atoms with van der Waals surface area (Å²) in [5.74, 6) is 1.57. The van der Waals surface area contributed by atoms with Crippen molar-refractivity contribution in [2.24, 2.45) is 0 Å². The Morgan fingerprint density at radius 2 is 1.89 bits per heavy atom. The van der Waals surface area contributed by atoms with Crippen LogP contribution in [0.2, 0.25) is 0 Å². The molecule has 1 aromatic rings. The first-order valence-electron chi connectivity index (χ1n) is 6.56. The van der Waals surface area contributed by atoms with Crippen LogP contribution >= 0.6 is 0 Å². The summed E-state index contributed by atoms with van der Waals surface area (Å²) in [6.07, 6.45) is 0.957. The Bertz CT molecular complexity index is 406. The van der Waals surface area contributed by atoms with Gasteiger partial charge in [-0.3, -0.25) is 0 Å². The van der Waals surface area contributed by atoms with Gasteiger partial charge in [-0.25, -0.2) is 0 Å². The number of hydrogen-bond donors (Lipinski definition) is 2. The van der Waals surface area contributed by atoms with E-state index >= 15 is 0 Å². The Morgan fingerprint density at radius 1 is 1.22 bits per heavy atom. The fourth-order valence-electron chi connectivity index (χ4n) is 2.35. The van der Waals surface area contributed by atoms with Crippen LogP contribution < -0.4 is 14.8 Å². The zero-order chi connectivity index (χ0) is 13.0. The van der Waals surface area contributed by atoms with Gasteiger partial charge < -0.3 is 19.9 Å². The van der Waals surface area contributed by atoms with Gasteiger partial charge in [0.1, 0.15) is 0 Å². The van der Waals surface area contributed by atoms with Gasteiger partial charge in [-0.1, -0.05) is 0 Å². The molecule has 0 radical (unpaired) electrons. The van der Waals surface area contributed by atoms with E-state index in [-0.39, 0.29) is 12.6 Å². The van der Waals surface area contributed by atoms with Crippen LogP contribution in [0.25, 0.3) is 0 Å². The highest BCUT2D eigenvalue weighted by Gasteiger charge is 2.22. The van der Waals surface area contributed by atoms with E-state index in [0.29, 0.717) is 13.2 Å². The standard InChI is InChI=1S/C14H21NO3/c1-3-17-13-7-10-5-6-15-12(9-16)11(10)8-14(13)18-4-2/h7-8,12,15-16H,3-6,9H2,1-2H3. The zero-order valence-electron chi connectivity index (χ0n) is 11.0. The van der Waals surface area contributed by atoms with Crippen molar-refractivity contribution in [3.05, 3.63) is 23.3 Å².